The van der Waals surface area contributed by atoms with Crippen LogP contribution in [0.3, 0.4) is 0 Å². The molecule has 2 aromatic carbocycles. The van der Waals surface area contributed by atoms with Gasteiger partial charge in [-0.15, -0.1) is 0 Å². The summed E-state index contributed by atoms with van der Waals surface area (Å²) in [5.74, 6) is 0.889. The minimum atomic E-state index is 0.647. The Morgan fingerprint density at radius 2 is 1.79 bits per heavy atom. The van der Waals surface area contributed by atoms with Gasteiger partial charge in [0.15, 0.2) is 0 Å². The zero-order valence-corrected chi connectivity index (χ0v) is 11.7. The first-order chi connectivity index (χ1) is 9.33. The molecule has 0 amide bonds. The van der Waals surface area contributed by atoms with Gasteiger partial charge in [0.25, 0.3) is 0 Å². The molecule has 0 saturated heterocycles. The van der Waals surface area contributed by atoms with Crippen molar-refractivity contribution < 1.29 is 0 Å². The van der Waals surface area contributed by atoms with E-state index in [1.54, 1.807) is 0 Å². The second-order valence-corrected chi connectivity index (χ2v) is 5.90. The summed E-state index contributed by atoms with van der Waals surface area (Å²) in [6.07, 6.45) is 5.66. The van der Waals surface area contributed by atoms with E-state index in [1.165, 1.54) is 42.0 Å². The highest BCUT2D eigenvalue weighted by Gasteiger charge is 2.20. The van der Waals surface area contributed by atoms with Crippen LogP contribution in [0.2, 0.25) is 0 Å². The van der Waals surface area contributed by atoms with Gasteiger partial charge in [0.1, 0.15) is 0 Å². The summed E-state index contributed by atoms with van der Waals surface area (Å²) in [6.45, 7) is 3.33. The molecule has 0 spiro atoms. The van der Waals surface area contributed by atoms with Crippen LogP contribution in [-0.2, 0) is 6.54 Å². The van der Waals surface area contributed by atoms with Gasteiger partial charge in [0, 0.05) is 12.6 Å². The first-order valence-corrected chi connectivity index (χ1v) is 7.54. The highest BCUT2D eigenvalue weighted by atomic mass is 14.9. The summed E-state index contributed by atoms with van der Waals surface area (Å²) in [5.41, 5.74) is 1.39. The van der Waals surface area contributed by atoms with Gasteiger partial charge in [-0.25, -0.2) is 0 Å². The normalized spacial score (nSPS) is 17.9. The van der Waals surface area contributed by atoms with Gasteiger partial charge in [0.2, 0.25) is 0 Å². The fraction of sp³-hybridized carbons (Fsp3) is 0.444. The standard InChI is InChI=1S/C18H23N/c1-14(16-6-2-3-7-16)19-13-15-10-11-17-8-4-5-9-18(17)12-15/h4-5,8-12,14,16,19H,2-3,6-7,13H2,1H3/t14-/m0/s1. The maximum atomic E-state index is 3.71. The quantitative estimate of drug-likeness (QED) is 0.845. The third kappa shape index (κ3) is 2.98. The molecule has 1 fully saturated rings. The molecule has 0 unspecified atom stereocenters. The Hall–Kier alpha value is -1.34. The predicted octanol–water partition coefficient (Wildman–Crippen LogP) is 4.51. The van der Waals surface area contributed by atoms with Crippen LogP contribution < -0.4 is 5.32 Å². The summed E-state index contributed by atoms with van der Waals surface area (Å²) >= 11 is 0. The number of hydrogen-bond donors (Lipinski definition) is 1. The van der Waals surface area contributed by atoms with Crippen LogP contribution in [0.4, 0.5) is 0 Å². The molecule has 19 heavy (non-hydrogen) atoms. The van der Waals surface area contributed by atoms with Gasteiger partial charge in [-0.1, -0.05) is 49.2 Å². The molecule has 0 bridgehead atoms. The maximum Gasteiger partial charge on any atom is 0.0208 e. The molecule has 1 heteroatoms. The van der Waals surface area contributed by atoms with Crippen LogP contribution in [-0.4, -0.2) is 6.04 Å². The molecule has 1 aliphatic rings. The van der Waals surface area contributed by atoms with E-state index in [-0.39, 0.29) is 0 Å². The number of rotatable bonds is 4. The molecule has 0 aromatic heterocycles. The second kappa shape index (κ2) is 5.75. The lowest BCUT2D eigenvalue weighted by molar-refractivity contribution is 0.380. The monoisotopic (exact) mass is 253 g/mol. The Balaban J connectivity index is 1.64. The van der Waals surface area contributed by atoms with E-state index in [4.69, 9.17) is 0 Å². The van der Waals surface area contributed by atoms with Crippen molar-refractivity contribution in [1.82, 2.24) is 5.32 Å². The van der Waals surface area contributed by atoms with Crippen molar-refractivity contribution in [2.75, 3.05) is 0 Å². The molecule has 2 aromatic rings. The molecule has 100 valence electrons. The van der Waals surface area contributed by atoms with Crippen LogP contribution in [0.5, 0.6) is 0 Å². The van der Waals surface area contributed by atoms with Crippen molar-refractivity contribution in [2.24, 2.45) is 5.92 Å². The smallest absolute Gasteiger partial charge is 0.0208 e. The fourth-order valence-electron chi connectivity index (χ4n) is 3.25. The van der Waals surface area contributed by atoms with Gasteiger partial charge in [-0.2, -0.15) is 0 Å². The second-order valence-electron chi connectivity index (χ2n) is 5.90. The maximum absolute atomic E-state index is 3.71. The molecule has 1 atom stereocenters. The third-order valence-corrected chi connectivity index (χ3v) is 4.55. The first-order valence-electron chi connectivity index (χ1n) is 7.54. The molecule has 1 nitrogen and oxygen atoms in total. The molecular weight excluding hydrogens is 230 g/mol. The van der Waals surface area contributed by atoms with E-state index >= 15 is 0 Å². The summed E-state index contributed by atoms with van der Waals surface area (Å²) in [6, 6.07) is 16.0. The van der Waals surface area contributed by atoms with Gasteiger partial charge in [0.05, 0.1) is 0 Å². The number of benzene rings is 2. The highest BCUT2D eigenvalue weighted by Crippen LogP contribution is 2.27. The Morgan fingerprint density at radius 1 is 1.05 bits per heavy atom. The molecule has 1 aliphatic carbocycles. The average molecular weight is 253 g/mol. The Morgan fingerprint density at radius 3 is 2.58 bits per heavy atom. The Kier molecular flexibility index (Phi) is 3.84. The van der Waals surface area contributed by atoms with Crippen molar-refractivity contribution in [3.63, 3.8) is 0 Å². The average Bonchev–Trinajstić information content (AvgIpc) is 2.99. The van der Waals surface area contributed by atoms with Crippen molar-refractivity contribution in [3.05, 3.63) is 48.0 Å². The van der Waals surface area contributed by atoms with E-state index in [0.717, 1.165) is 12.5 Å². The van der Waals surface area contributed by atoms with Crippen LogP contribution in [0.25, 0.3) is 10.8 Å². The number of hydrogen-bond acceptors (Lipinski definition) is 1. The SMILES string of the molecule is C[C@H](NCc1ccc2ccccc2c1)C1CCCC1. The first kappa shape index (κ1) is 12.7. The Bertz CT molecular complexity index is 540. The lowest BCUT2D eigenvalue weighted by Gasteiger charge is -2.20. The van der Waals surface area contributed by atoms with Crippen molar-refractivity contribution >= 4 is 10.8 Å². The third-order valence-electron chi connectivity index (χ3n) is 4.55. The summed E-state index contributed by atoms with van der Waals surface area (Å²) in [7, 11) is 0. The minimum Gasteiger partial charge on any atom is -0.310 e. The highest BCUT2D eigenvalue weighted by molar-refractivity contribution is 5.82. The largest absolute Gasteiger partial charge is 0.310 e. The molecule has 1 N–H and O–H groups in total. The van der Waals surface area contributed by atoms with Crippen molar-refractivity contribution in [2.45, 2.75) is 45.2 Å². The van der Waals surface area contributed by atoms with Gasteiger partial charge in [-0.05, 0) is 48.1 Å². The summed E-state index contributed by atoms with van der Waals surface area (Å²) in [4.78, 5) is 0. The van der Waals surface area contributed by atoms with E-state index in [9.17, 15) is 0 Å². The topological polar surface area (TPSA) is 12.0 Å². The van der Waals surface area contributed by atoms with Gasteiger partial charge >= 0.3 is 0 Å². The van der Waals surface area contributed by atoms with Crippen molar-refractivity contribution in [3.8, 4) is 0 Å². The van der Waals surface area contributed by atoms with Crippen LogP contribution in [0.15, 0.2) is 42.5 Å². The number of fused-ring (bicyclic) bond motifs is 1. The zero-order chi connectivity index (χ0) is 13.1. The van der Waals surface area contributed by atoms with E-state index in [2.05, 4.69) is 54.7 Å². The molecular formula is C18H23N. The summed E-state index contributed by atoms with van der Waals surface area (Å²) in [5, 5.41) is 6.38. The molecule has 0 heterocycles. The predicted molar refractivity (Wildman–Crippen MR) is 82.2 cm³/mol. The molecule has 0 aliphatic heterocycles. The van der Waals surface area contributed by atoms with E-state index in [0.29, 0.717) is 6.04 Å². The minimum absolute atomic E-state index is 0.647. The molecule has 3 rings (SSSR count). The lowest BCUT2D eigenvalue weighted by atomic mass is 9.99. The molecule has 0 radical (unpaired) electrons. The Labute approximate surface area is 116 Å². The van der Waals surface area contributed by atoms with Crippen LogP contribution in [0, 0.1) is 5.92 Å². The molecule has 1 saturated carbocycles. The van der Waals surface area contributed by atoms with Crippen LogP contribution in [0.1, 0.15) is 38.2 Å². The van der Waals surface area contributed by atoms with Crippen molar-refractivity contribution in [1.29, 1.82) is 0 Å². The van der Waals surface area contributed by atoms with Gasteiger partial charge in [-0.3, -0.25) is 0 Å². The zero-order valence-electron chi connectivity index (χ0n) is 11.7. The van der Waals surface area contributed by atoms with E-state index < -0.39 is 0 Å². The fourth-order valence-corrected chi connectivity index (χ4v) is 3.25. The van der Waals surface area contributed by atoms with Crippen LogP contribution >= 0.6 is 0 Å². The summed E-state index contributed by atoms with van der Waals surface area (Å²) < 4.78 is 0. The van der Waals surface area contributed by atoms with E-state index in [1.807, 2.05) is 0 Å². The number of nitrogens with one attached hydrogen (secondary N) is 1. The van der Waals surface area contributed by atoms with Gasteiger partial charge < -0.3 is 5.32 Å². The lowest BCUT2D eigenvalue weighted by Crippen LogP contribution is -2.31.